The van der Waals surface area contributed by atoms with Crippen LogP contribution in [0.2, 0.25) is 0 Å². The summed E-state index contributed by atoms with van der Waals surface area (Å²) in [5.74, 6) is 3.10. The molecule has 6 nitrogen and oxygen atoms in total. The fraction of sp³-hybridized carbons (Fsp3) is 0.533. The Morgan fingerprint density at radius 3 is 2.69 bits per heavy atom. The lowest BCUT2D eigenvalue weighted by atomic mass is 9.48. The molecule has 0 spiro atoms. The standard InChI is InChI=1S/C30H36N4O2/c1-29-13-11-24-22(7-9-25-30(24,2)14-12-27(35)33-25)23(29)8-6-21(29)16-28(36)34-26-10-5-20(18-32-26)19-4-3-15-31-17-19/h3-5,10,12,14-15,17-18,21-25H,6-9,11,13,16H2,1-2H3,(H,33,35)(H,32,34,36)/t21-,22+,23+,24+,25-,29-,30-/m1/s1. The van der Waals surface area contributed by atoms with Crippen molar-refractivity contribution < 1.29 is 9.59 Å². The lowest BCUT2D eigenvalue weighted by molar-refractivity contribution is -0.123. The van der Waals surface area contributed by atoms with Gasteiger partial charge in [-0.05, 0) is 91.9 Å². The van der Waals surface area contributed by atoms with Gasteiger partial charge in [0.1, 0.15) is 5.82 Å². The Morgan fingerprint density at radius 1 is 1.06 bits per heavy atom. The number of nitrogens with zero attached hydrogens (tertiary/aromatic N) is 2. The minimum absolute atomic E-state index is 0.0568. The molecule has 3 saturated carbocycles. The Hall–Kier alpha value is -3.02. The third-order valence-electron chi connectivity index (χ3n) is 10.3. The summed E-state index contributed by atoms with van der Waals surface area (Å²) in [5.41, 5.74) is 2.26. The average molecular weight is 485 g/mol. The van der Waals surface area contributed by atoms with Crippen LogP contribution in [0.3, 0.4) is 0 Å². The van der Waals surface area contributed by atoms with Gasteiger partial charge in [-0.2, -0.15) is 0 Å². The molecule has 0 radical (unpaired) electrons. The van der Waals surface area contributed by atoms with Crippen LogP contribution >= 0.6 is 0 Å². The molecule has 2 aromatic heterocycles. The van der Waals surface area contributed by atoms with Crippen molar-refractivity contribution in [2.24, 2.45) is 34.5 Å². The average Bonchev–Trinajstić information content (AvgIpc) is 3.21. The van der Waals surface area contributed by atoms with Crippen molar-refractivity contribution in [3.8, 4) is 11.1 Å². The van der Waals surface area contributed by atoms with Crippen LogP contribution in [0.15, 0.2) is 55.0 Å². The molecule has 188 valence electrons. The smallest absolute Gasteiger partial charge is 0.243 e. The van der Waals surface area contributed by atoms with Crippen LogP contribution in [-0.2, 0) is 9.59 Å². The highest BCUT2D eigenvalue weighted by Crippen LogP contribution is 2.65. The van der Waals surface area contributed by atoms with Gasteiger partial charge in [0.25, 0.3) is 0 Å². The Balaban J connectivity index is 1.12. The molecular weight excluding hydrogens is 448 g/mol. The van der Waals surface area contributed by atoms with E-state index in [-0.39, 0.29) is 28.7 Å². The van der Waals surface area contributed by atoms with Crippen LogP contribution in [-0.4, -0.2) is 27.8 Å². The summed E-state index contributed by atoms with van der Waals surface area (Å²) in [6.07, 6.45) is 16.8. The zero-order valence-corrected chi connectivity index (χ0v) is 21.2. The topological polar surface area (TPSA) is 84.0 Å². The van der Waals surface area contributed by atoms with Gasteiger partial charge in [-0.1, -0.05) is 26.0 Å². The molecule has 3 heterocycles. The second-order valence-electron chi connectivity index (χ2n) is 12.0. The molecule has 6 heteroatoms. The van der Waals surface area contributed by atoms with Gasteiger partial charge in [0.15, 0.2) is 0 Å². The number of hydrogen-bond acceptors (Lipinski definition) is 4. The third-order valence-corrected chi connectivity index (χ3v) is 10.3. The van der Waals surface area contributed by atoms with Gasteiger partial charge in [-0.25, -0.2) is 4.98 Å². The molecule has 0 saturated heterocycles. The van der Waals surface area contributed by atoms with Crippen LogP contribution in [0.25, 0.3) is 11.1 Å². The number of aromatic nitrogens is 2. The molecule has 0 unspecified atom stereocenters. The minimum Gasteiger partial charge on any atom is -0.349 e. The van der Waals surface area contributed by atoms with Crippen LogP contribution < -0.4 is 10.6 Å². The van der Waals surface area contributed by atoms with Gasteiger partial charge < -0.3 is 10.6 Å². The van der Waals surface area contributed by atoms with Crippen molar-refractivity contribution in [3.05, 3.63) is 55.0 Å². The number of rotatable bonds is 4. The summed E-state index contributed by atoms with van der Waals surface area (Å²) >= 11 is 0. The van der Waals surface area contributed by atoms with Gasteiger partial charge in [-0.3, -0.25) is 14.6 Å². The summed E-state index contributed by atoms with van der Waals surface area (Å²) in [7, 11) is 0. The summed E-state index contributed by atoms with van der Waals surface area (Å²) in [6.45, 7) is 4.81. The highest BCUT2D eigenvalue weighted by Gasteiger charge is 2.59. The van der Waals surface area contributed by atoms with E-state index in [1.165, 1.54) is 25.7 Å². The number of amides is 2. The number of carbonyl (C=O) groups is 2. The first-order chi connectivity index (χ1) is 17.4. The van der Waals surface area contributed by atoms with Crippen LogP contribution in [0.1, 0.15) is 58.8 Å². The minimum atomic E-state index is 0.0568. The quantitative estimate of drug-likeness (QED) is 0.610. The summed E-state index contributed by atoms with van der Waals surface area (Å²) < 4.78 is 0. The summed E-state index contributed by atoms with van der Waals surface area (Å²) in [6, 6.07) is 8.03. The monoisotopic (exact) mass is 484 g/mol. The number of nitrogens with one attached hydrogen (secondary N) is 2. The maximum Gasteiger partial charge on any atom is 0.243 e. The molecular formula is C30H36N4O2. The number of pyridine rings is 2. The second-order valence-corrected chi connectivity index (χ2v) is 12.0. The molecule has 6 rings (SSSR count). The highest BCUT2D eigenvalue weighted by molar-refractivity contribution is 5.90. The van der Waals surface area contributed by atoms with E-state index in [0.717, 1.165) is 24.0 Å². The first kappa shape index (κ1) is 23.4. The number of carbonyl (C=O) groups excluding carboxylic acids is 2. The predicted octanol–water partition coefficient (Wildman–Crippen LogP) is 5.39. The van der Waals surface area contributed by atoms with Crippen molar-refractivity contribution in [1.29, 1.82) is 0 Å². The molecule has 3 aliphatic carbocycles. The van der Waals surface area contributed by atoms with Crippen LogP contribution in [0, 0.1) is 34.5 Å². The molecule has 7 atom stereocenters. The Bertz CT molecular complexity index is 1180. The predicted molar refractivity (Wildman–Crippen MR) is 140 cm³/mol. The molecule has 4 aliphatic rings. The Labute approximate surface area is 213 Å². The fourth-order valence-corrected chi connectivity index (χ4v) is 8.37. The summed E-state index contributed by atoms with van der Waals surface area (Å²) in [4.78, 5) is 33.7. The van der Waals surface area contributed by atoms with E-state index in [4.69, 9.17) is 0 Å². The van der Waals surface area contributed by atoms with E-state index in [2.05, 4.69) is 40.5 Å². The van der Waals surface area contributed by atoms with E-state index in [1.54, 1.807) is 18.5 Å². The maximum absolute atomic E-state index is 13.1. The van der Waals surface area contributed by atoms with E-state index in [0.29, 0.717) is 35.9 Å². The molecule has 0 bridgehead atoms. The Kier molecular flexibility index (Phi) is 5.73. The lowest BCUT2D eigenvalue weighted by Gasteiger charge is -2.59. The van der Waals surface area contributed by atoms with Gasteiger partial charge in [0.05, 0.1) is 0 Å². The second kappa shape index (κ2) is 8.82. The first-order valence-electron chi connectivity index (χ1n) is 13.5. The van der Waals surface area contributed by atoms with Crippen molar-refractivity contribution >= 4 is 17.6 Å². The SMILES string of the molecule is C[C@]12C=CC(=O)N[C@@H]1CC[C@@H]1[C@@H]2CC[C@]2(C)[C@@H](CC(=O)Nc3ccc(-c4cccnc4)cn3)CC[C@@H]12. The van der Waals surface area contributed by atoms with E-state index in [9.17, 15) is 9.59 Å². The van der Waals surface area contributed by atoms with E-state index < -0.39 is 0 Å². The maximum atomic E-state index is 13.1. The molecule has 1 aliphatic heterocycles. The fourth-order valence-electron chi connectivity index (χ4n) is 8.37. The zero-order valence-electron chi connectivity index (χ0n) is 21.2. The number of anilines is 1. The molecule has 2 aromatic rings. The van der Waals surface area contributed by atoms with Crippen molar-refractivity contribution in [2.45, 2.75) is 64.8 Å². The molecule has 36 heavy (non-hydrogen) atoms. The molecule has 0 aromatic carbocycles. The molecule has 3 fully saturated rings. The molecule has 2 N–H and O–H groups in total. The van der Waals surface area contributed by atoms with Crippen molar-refractivity contribution in [2.75, 3.05) is 5.32 Å². The number of hydrogen-bond donors (Lipinski definition) is 2. The van der Waals surface area contributed by atoms with Gasteiger partial charge >= 0.3 is 0 Å². The van der Waals surface area contributed by atoms with E-state index >= 15 is 0 Å². The highest BCUT2D eigenvalue weighted by atomic mass is 16.2. The largest absolute Gasteiger partial charge is 0.349 e. The van der Waals surface area contributed by atoms with Gasteiger partial charge in [0.2, 0.25) is 11.8 Å². The van der Waals surface area contributed by atoms with E-state index in [1.807, 2.05) is 30.5 Å². The van der Waals surface area contributed by atoms with Crippen molar-refractivity contribution in [3.63, 3.8) is 0 Å². The lowest BCUT2D eigenvalue weighted by Crippen LogP contribution is -2.59. The number of fused-ring (bicyclic) bond motifs is 5. The summed E-state index contributed by atoms with van der Waals surface area (Å²) in [5, 5.41) is 6.29. The molecule has 2 amide bonds. The third kappa shape index (κ3) is 3.86. The normalized spacial score (nSPS) is 36.8. The van der Waals surface area contributed by atoms with Gasteiger partial charge in [-0.15, -0.1) is 0 Å². The first-order valence-corrected chi connectivity index (χ1v) is 13.5. The van der Waals surface area contributed by atoms with Crippen LogP contribution in [0.4, 0.5) is 5.82 Å². The van der Waals surface area contributed by atoms with Crippen LogP contribution in [0.5, 0.6) is 0 Å². The van der Waals surface area contributed by atoms with Gasteiger partial charge in [0, 0.05) is 47.6 Å². The van der Waals surface area contributed by atoms with Crippen molar-refractivity contribution in [1.82, 2.24) is 15.3 Å². The zero-order chi connectivity index (χ0) is 24.9. The Morgan fingerprint density at radius 2 is 1.92 bits per heavy atom.